The number of amides is 1. The maximum absolute atomic E-state index is 13.3. The highest BCUT2D eigenvalue weighted by atomic mass is 32.2. The fourth-order valence-corrected chi connectivity index (χ4v) is 5.31. The van der Waals surface area contributed by atoms with Crippen molar-refractivity contribution in [1.82, 2.24) is 5.32 Å². The smallest absolute Gasteiger partial charge is 0.265 e. The van der Waals surface area contributed by atoms with Crippen molar-refractivity contribution >= 4 is 21.6 Å². The van der Waals surface area contributed by atoms with E-state index in [0.717, 1.165) is 16.7 Å². The van der Waals surface area contributed by atoms with Gasteiger partial charge in [-0.1, -0.05) is 60.2 Å². The number of fused-ring (bicyclic) bond motifs is 3. The number of hydrogen-bond donors (Lipinski definition) is 1. The van der Waals surface area contributed by atoms with Crippen molar-refractivity contribution in [3.05, 3.63) is 83.9 Å². The normalized spacial score (nSPS) is 15.2. The molecule has 148 valence electrons. The third-order valence-corrected chi connectivity index (χ3v) is 6.95. The second-order valence-electron chi connectivity index (χ2n) is 7.23. The Morgan fingerprint density at radius 3 is 2.41 bits per heavy atom. The van der Waals surface area contributed by atoms with Crippen LogP contribution < -0.4 is 9.62 Å². The van der Waals surface area contributed by atoms with Crippen LogP contribution in [-0.4, -0.2) is 20.9 Å². The molecule has 1 atom stereocenters. The SMILES string of the molecule is Cc1ccc2c(c1)-c1ccccc1S(=O)(=O)N2CC(=O)N[C@H](C)c1ccccc1. The standard InChI is InChI=1S/C23H22N2O3S/c1-16-12-13-21-20(14-16)19-10-6-7-11-22(19)29(27,28)25(21)15-23(26)24-17(2)18-8-4-3-5-9-18/h3-14,17H,15H2,1-2H3,(H,24,26)/t17-/m1/s1. The summed E-state index contributed by atoms with van der Waals surface area (Å²) >= 11 is 0. The Bertz CT molecular complexity index is 1170. The average molecular weight is 407 g/mol. The van der Waals surface area contributed by atoms with Gasteiger partial charge in [-0.05, 0) is 37.6 Å². The first kappa shape index (κ1) is 19.2. The zero-order valence-corrected chi connectivity index (χ0v) is 17.1. The number of carbonyl (C=O) groups excluding carboxylic acids is 1. The molecule has 0 unspecified atom stereocenters. The number of benzene rings is 3. The van der Waals surface area contributed by atoms with Crippen LogP contribution in [0, 0.1) is 6.92 Å². The first-order valence-electron chi connectivity index (χ1n) is 9.45. The first-order chi connectivity index (χ1) is 13.9. The molecule has 4 rings (SSSR count). The van der Waals surface area contributed by atoms with Gasteiger partial charge in [-0.3, -0.25) is 9.10 Å². The Labute approximate surface area is 171 Å². The maximum atomic E-state index is 13.3. The lowest BCUT2D eigenvalue weighted by atomic mass is 10.0. The number of nitrogens with zero attached hydrogens (tertiary/aromatic N) is 1. The lowest BCUT2D eigenvalue weighted by molar-refractivity contribution is -0.120. The maximum Gasteiger partial charge on any atom is 0.265 e. The highest BCUT2D eigenvalue weighted by Crippen LogP contribution is 2.43. The van der Waals surface area contributed by atoms with E-state index < -0.39 is 10.0 Å². The number of hydrogen-bond acceptors (Lipinski definition) is 3. The van der Waals surface area contributed by atoms with E-state index in [1.165, 1.54) is 4.31 Å². The van der Waals surface area contributed by atoms with E-state index >= 15 is 0 Å². The zero-order valence-electron chi connectivity index (χ0n) is 16.3. The molecule has 1 amide bonds. The molecule has 0 saturated carbocycles. The van der Waals surface area contributed by atoms with Crippen molar-refractivity contribution in [2.24, 2.45) is 0 Å². The summed E-state index contributed by atoms with van der Waals surface area (Å²) in [5, 5.41) is 2.90. The summed E-state index contributed by atoms with van der Waals surface area (Å²) < 4.78 is 27.8. The minimum atomic E-state index is -3.83. The summed E-state index contributed by atoms with van der Waals surface area (Å²) in [4.78, 5) is 13.0. The Kier molecular flexibility index (Phi) is 4.88. The number of rotatable bonds is 4. The van der Waals surface area contributed by atoms with Crippen LogP contribution in [-0.2, 0) is 14.8 Å². The van der Waals surface area contributed by atoms with E-state index in [-0.39, 0.29) is 23.4 Å². The number of carbonyl (C=O) groups is 1. The molecule has 0 aromatic heterocycles. The summed E-state index contributed by atoms with van der Waals surface area (Å²) in [5.74, 6) is -0.351. The van der Waals surface area contributed by atoms with Crippen LogP contribution >= 0.6 is 0 Å². The summed E-state index contributed by atoms with van der Waals surface area (Å²) in [6.07, 6.45) is 0. The van der Waals surface area contributed by atoms with Crippen molar-refractivity contribution in [2.45, 2.75) is 24.8 Å². The van der Waals surface area contributed by atoms with Crippen LogP contribution in [0.2, 0.25) is 0 Å². The predicted octanol–water partition coefficient (Wildman–Crippen LogP) is 4.05. The van der Waals surface area contributed by atoms with Gasteiger partial charge in [-0.2, -0.15) is 0 Å². The van der Waals surface area contributed by atoms with E-state index in [2.05, 4.69) is 5.32 Å². The quantitative estimate of drug-likeness (QED) is 0.711. The largest absolute Gasteiger partial charge is 0.348 e. The fourth-order valence-electron chi connectivity index (χ4n) is 3.66. The minimum absolute atomic E-state index is 0.221. The molecule has 0 spiro atoms. The van der Waals surface area contributed by atoms with Gasteiger partial charge in [0.15, 0.2) is 0 Å². The molecule has 29 heavy (non-hydrogen) atoms. The van der Waals surface area contributed by atoms with E-state index in [1.54, 1.807) is 24.3 Å². The van der Waals surface area contributed by atoms with Crippen LogP contribution in [0.5, 0.6) is 0 Å². The topological polar surface area (TPSA) is 66.5 Å². The van der Waals surface area contributed by atoms with Crippen LogP contribution in [0.15, 0.2) is 77.7 Å². The van der Waals surface area contributed by atoms with Gasteiger partial charge in [-0.25, -0.2) is 8.42 Å². The zero-order chi connectivity index (χ0) is 20.6. The summed E-state index contributed by atoms with van der Waals surface area (Å²) in [6, 6.07) is 21.9. The lowest BCUT2D eigenvalue weighted by Gasteiger charge is -2.32. The average Bonchev–Trinajstić information content (AvgIpc) is 2.72. The van der Waals surface area contributed by atoms with Crippen LogP contribution in [0.4, 0.5) is 5.69 Å². The highest BCUT2D eigenvalue weighted by Gasteiger charge is 2.35. The van der Waals surface area contributed by atoms with E-state index in [4.69, 9.17) is 0 Å². The minimum Gasteiger partial charge on any atom is -0.348 e. The molecule has 0 radical (unpaired) electrons. The van der Waals surface area contributed by atoms with Gasteiger partial charge in [0, 0.05) is 11.1 Å². The third kappa shape index (κ3) is 3.51. The molecule has 0 aliphatic carbocycles. The van der Waals surface area contributed by atoms with Gasteiger partial charge in [0.05, 0.1) is 16.6 Å². The molecular formula is C23H22N2O3S. The van der Waals surface area contributed by atoms with Crippen LogP contribution in [0.3, 0.4) is 0 Å². The Balaban J connectivity index is 1.68. The molecule has 0 saturated heterocycles. The van der Waals surface area contributed by atoms with Gasteiger partial charge in [0.2, 0.25) is 5.91 Å². The number of aryl methyl sites for hydroxylation is 1. The summed E-state index contributed by atoms with van der Waals surface area (Å²) in [5.41, 5.74) is 4.00. The lowest BCUT2D eigenvalue weighted by Crippen LogP contribution is -2.43. The molecule has 1 heterocycles. The Hall–Kier alpha value is -3.12. The Morgan fingerprint density at radius 2 is 1.66 bits per heavy atom. The monoisotopic (exact) mass is 406 g/mol. The molecule has 0 fully saturated rings. The fraction of sp³-hybridized carbons (Fsp3) is 0.174. The van der Waals surface area contributed by atoms with Crippen molar-refractivity contribution in [3.8, 4) is 11.1 Å². The molecule has 0 bridgehead atoms. The van der Waals surface area contributed by atoms with Gasteiger partial charge in [0.1, 0.15) is 6.54 Å². The third-order valence-electron chi connectivity index (χ3n) is 5.13. The number of sulfonamides is 1. The van der Waals surface area contributed by atoms with Gasteiger partial charge >= 0.3 is 0 Å². The molecule has 5 nitrogen and oxygen atoms in total. The molecule has 1 aliphatic heterocycles. The summed E-state index contributed by atoms with van der Waals surface area (Å²) in [7, 11) is -3.83. The van der Waals surface area contributed by atoms with Crippen molar-refractivity contribution in [2.75, 3.05) is 10.8 Å². The van der Waals surface area contributed by atoms with Gasteiger partial charge in [0.25, 0.3) is 10.0 Å². The van der Waals surface area contributed by atoms with Crippen molar-refractivity contribution in [3.63, 3.8) is 0 Å². The van der Waals surface area contributed by atoms with E-state index in [9.17, 15) is 13.2 Å². The molecule has 6 heteroatoms. The van der Waals surface area contributed by atoms with Gasteiger partial charge < -0.3 is 5.32 Å². The van der Waals surface area contributed by atoms with Crippen molar-refractivity contribution in [1.29, 1.82) is 0 Å². The number of anilines is 1. The van der Waals surface area contributed by atoms with E-state index in [1.807, 2.05) is 62.4 Å². The Morgan fingerprint density at radius 1 is 0.966 bits per heavy atom. The number of nitrogens with one attached hydrogen (secondary N) is 1. The van der Waals surface area contributed by atoms with Crippen molar-refractivity contribution < 1.29 is 13.2 Å². The van der Waals surface area contributed by atoms with Crippen LogP contribution in [0.1, 0.15) is 24.1 Å². The molecular weight excluding hydrogens is 384 g/mol. The van der Waals surface area contributed by atoms with Gasteiger partial charge in [-0.15, -0.1) is 0 Å². The summed E-state index contributed by atoms with van der Waals surface area (Å²) in [6.45, 7) is 3.57. The molecule has 3 aromatic rings. The highest BCUT2D eigenvalue weighted by molar-refractivity contribution is 7.93. The molecule has 3 aromatic carbocycles. The van der Waals surface area contributed by atoms with Crippen LogP contribution in [0.25, 0.3) is 11.1 Å². The molecule has 1 N–H and O–H groups in total. The van der Waals surface area contributed by atoms with E-state index in [0.29, 0.717) is 11.3 Å². The second-order valence-corrected chi connectivity index (χ2v) is 9.06. The first-order valence-corrected chi connectivity index (χ1v) is 10.9. The molecule has 1 aliphatic rings. The second kappa shape index (κ2) is 7.37. The predicted molar refractivity (Wildman–Crippen MR) is 114 cm³/mol.